The van der Waals surface area contributed by atoms with E-state index in [1.165, 1.54) is 17.0 Å². The highest BCUT2D eigenvalue weighted by Gasteiger charge is 2.21. The summed E-state index contributed by atoms with van der Waals surface area (Å²) in [6.07, 6.45) is -0.150. The molecule has 0 aliphatic carbocycles. The highest BCUT2D eigenvalue weighted by atomic mass is 127. The van der Waals surface area contributed by atoms with Crippen molar-refractivity contribution in [3.05, 3.63) is 58.0 Å². The highest BCUT2D eigenvalue weighted by Crippen LogP contribution is 2.17. The van der Waals surface area contributed by atoms with Gasteiger partial charge in [0, 0.05) is 58.3 Å². The van der Waals surface area contributed by atoms with Crippen LogP contribution < -0.4 is 5.32 Å². The van der Waals surface area contributed by atoms with Crippen molar-refractivity contribution in [2.45, 2.75) is 12.6 Å². The Morgan fingerprint density at radius 2 is 1.93 bits per heavy atom. The lowest BCUT2D eigenvalue weighted by Gasteiger charge is -2.36. The third-order valence-electron chi connectivity index (χ3n) is 4.82. The molecule has 0 bridgehead atoms. The zero-order chi connectivity index (χ0) is 19.1. The fraction of sp³-hybridized carbons (Fsp3) is 0.450. The van der Waals surface area contributed by atoms with Gasteiger partial charge in [0.2, 0.25) is 0 Å². The lowest BCUT2D eigenvalue weighted by atomic mass is 10.1. The van der Waals surface area contributed by atoms with Gasteiger partial charge in [-0.15, -0.1) is 35.3 Å². The number of benzene rings is 1. The molecule has 0 saturated carbocycles. The van der Waals surface area contributed by atoms with Gasteiger partial charge in [0.1, 0.15) is 5.82 Å². The molecule has 1 aromatic carbocycles. The number of ether oxygens (including phenoxy) is 1. The summed E-state index contributed by atoms with van der Waals surface area (Å²) in [6.45, 7) is 5.53. The average Bonchev–Trinajstić information content (AvgIpc) is 3.20. The molecule has 1 saturated heterocycles. The molecule has 1 aromatic heterocycles. The largest absolute Gasteiger partial charge is 0.375 e. The first kappa shape index (κ1) is 23.1. The van der Waals surface area contributed by atoms with Crippen LogP contribution in [0.3, 0.4) is 0 Å². The molecule has 1 atom stereocenters. The minimum atomic E-state index is -0.238. The molecule has 28 heavy (non-hydrogen) atoms. The van der Waals surface area contributed by atoms with E-state index in [4.69, 9.17) is 4.74 Å². The number of nitrogens with one attached hydrogen (secondary N) is 1. The molecule has 1 aliphatic heterocycles. The molecule has 0 spiro atoms. The maximum absolute atomic E-state index is 13.1. The second-order valence-corrected chi connectivity index (χ2v) is 7.58. The molecule has 154 valence electrons. The number of hydrogen-bond acceptors (Lipinski definition) is 4. The number of thiophene rings is 1. The molecule has 2 aromatic rings. The van der Waals surface area contributed by atoms with Gasteiger partial charge in [0.25, 0.3) is 0 Å². The monoisotopic (exact) mass is 518 g/mol. The number of guanidine groups is 1. The Morgan fingerprint density at radius 3 is 2.50 bits per heavy atom. The number of halogens is 2. The Morgan fingerprint density at radius 1 is 1.21 bits per heavy atom. The third-order valence-corrected chi connectivity index (χ3v) is 5.68. The standard InChI is InChI=1S/C20H27FN4OS.HI/c1-22-20(23-14-19(26-2)16-5-7-17(21)8-6-16)25-11-9-24(10-12-25)15-18-4-3-13-27-18;/h3-8,13,19H,9-12,14-15H2,1-2H3,(H,22,23);1H. The first-order valence-corrected chi connectivity index (χ1v) is 10.1. The summed E-state index contributed by atoms with van der Waals surface area (Å²) in [4.78, 5) is 10.6. The van der Waals surface area contributed by atoms with E-state index in [2.05, 4.69) is 37.6 Å². The third kappa shape index (κ3) is 6.40. The Balaban J connectivity index is 0.00000280. The molecule has 0 radical (unpaired) electrons. The Labute approximate surface area is 187 Å². The van der Waals surface area contributed by atoms with Crippen molar-refractivity contribution in [3.63, 3.8) is 0 Å². The summed E-state index contributed by atoms with van der Waals surface area (Å²) in [5.41, 5.74) is 0.947. The zero-order valence-corrected chi connectivity index (χ0v) is 19.5. The van der Waals surface area contributed by atoms with E-state index in [9.17, 15) is 4.39 Å². The number of nitrogens with zero attached hydrogens (tertiary/aromatic N) is 3. The van der Waals surface area contributed by atoms with E-state index < -0.39 is 0 Å². The van der Waals surface area contributed by atoms with Gasteiger partial charge in [-0.3, -0.25) is 9.89 Å². The first-order valence-electron chi connectivity index (χ1n) is 9.18. The number of hydrogen-bond donors (Lipinski definition) is 1. The molecule has 0 amide bonds. The Kier molecular flexibility index (Phi) is 9.63. The minimum absolute atomic E-state index is 0. The highest BCUT2D eigenvalue weighted by molar-refractivity contribution is 14.0. The van der Waals surface area contributed by atoms with E-state index in [1.807, 2.05) is 11.3 Å². The number of aliphatic imine (C=N–C) groups is 1. The number of rotatable bonds is 6. The van der Waals surface area contributed by atoms with Gasteiger partial charge < -0.3 is 15.0 Å². The molecule has 5 nitrogen and oxygen atoms in total. The van der Waals surface area contributed by atoms with Crippen LogP contribution in [-0.2, 0) is 11.3 Å². The van der Waals surface area contributed by atoms with E-state index in [0.29, 0.717) is 6.54 Å². The van der Waals surface area contributed by atoms with Crippen molar-refractivity contribution < 1.29 is 9.13 Å². The molecular formula is C20H28FIN4OS. The summed E-state index contributed by atoms with van der Waals surface area (Å²) in [5, 5.41) is 5.53. The van der Waals surface area contributed by atoms with Crippen molar-refractivity contribution in [3.8, 4) is 0 Å². The van der Waals surface area contributed by atoms with Gasteiger partial charge in [-0.25, -0.2) is 4.39 Å². The first-order chi connectivity index (χ1) is 13.2. The van der Waals surface area contributed by atoms with Gasteiger partial charge >= 0.3 is 0 Å². The van der Waals surface area contributed by atoms with Gasteiger partial charge in [0.15, 0.2) is 5.96 Å². The second-order valence-electron chi connectivity index (χ2n) is 6.55. The van der Waals surface area contributed by atoms with Gasteiger partial charge in [-0.1, -0.05) is 18.2 Å². The van der Waals surface area contributed by atoms with Crippen molar-refractivity contribution in [1.82, 2.24) is 15.1 Å². The molecule has 8 heteroatoms. The maximum atomic E-state index is 13.1. The summed E-state index contributed by atoms with van der Waals surface area (Å²) in [6, 6.07) is 10.7. The molecular weight excluding hydrogens is 490 g/mol. The summed E-state index contributed by atoms with van der Waals surface area (Å²) >= 11 is 1.81. The summed E-state index contributed by atoms with van der Waals surface area (Å²) in [5.74, 6) is 0.646. The van der Waals surface area contributed by atoms with Crippen LogP contribution in [0.4, 0.5) is 4.39 Å². The number of methoxy groups -OCH3 is 1. The summed E-state index contributed by atoms with van der Waals surface area (Å²) < 4.78 is 18.7. The Bertz CT molecular complexity index is 718. The van der Waals surface area contributed by atoms with Crippen LogP contribution >= 0.6 is 35.3 Å². The van der Waals surface area contributed by atoms with Crippen LogP contribution in [0.5, 0.6) is 0 Å². The maximum Gasteiger partial charge on any atom is 0.193 e. The second kappa shape index (κ2) is 11.7. The van der Waals surface area contributed by atoms with Gasteiger partial charge in [-0.05, 0) is 29.1 Å². The average molecular weight is 518 g/mol. The molecule has 2 heterocycles. The summed E-state index contributed by atoms with van der Waals surface area (Å²) in [7, 11) is 3.47. The van der Waals surface area contributed by atoms with Crippen LogP contribution in [0, 0.1) is 5.82 Å². The quantitative estimate of drug-likeness (QED) is 0.361. The normalized spacial score (nSPS) is 16.5. The zero-order valence-electron chi connectivity index (χ0n) is 16.3. The van der Waals surface area contributed by atoms with Crippen LogP contribution in [0.25, 0.3) is 0 Å². The Hall–Kier alpha value is -1.23. The smallest absolute Gasteiger partial charge is 0.193 e. The fourth-order valence-electron chi connectivity index (χ4n) is 3.27. The van der Waals surface area contributed by atoms with Crippen molar-refractivity contribution in [2.75, 3.05) is 46.9 Å². The van der Waals surface area contributed by atoms with Crippen LogP contribution in [0.15, 0.2) is 46.8 Å². The van der Waals surface area contributed by atoms with Crippen molar-refractivity contribution >= 4 is 41.3 Å². The van der Waals surface area contributed by atoms with E-state index in [-0.39, 0.29) is 35.9 Å². The minimum Gasteiger partial charge on any atom is -0.375 e. The van der Waals surface area contributed by atoms with Gasteiger partial charge in [-0.2, -0.15) is 0 Å². The van der Waals surface area contributed by atoms with Crippen LogP contribution in [-0.4, -0.2) is 62.6 Å². The number of piperazine rings is 1. The van der Waals surface area contributed by atoms with Crippen molar-refractivity contribution in [2.24, 2.45) is 4.99 Å². The van der Waals surface area contributed by atoms with Crippen LogP contribution in [0.2, 0.25) is 0 Å². The van der Waals surface area contributed by atoms with E-state index >= 15 is 0 Å². The molecule has 1 aliphatic rings. The van der Waals surface area contributed by atoms with Crippen molar-refractivity contribution in [1.29, 1.82) is 0 Å². The van der Waals surface area contributed by atoms with Crippen LogP contribution in [0.1, 0.15) is 16.5 Å². The molecule has 3 rings (SSSR count). The lowest BCUT2D eigenvalue weighted by molar-refractivity contribution is 0.105. The molecule has 1 N–H and O–H groups in total. The van der Waals surface area contributed by atoms with Gasteiger partial charge in [0.05, 0.1) is 6.10 Å². The predicted molar refractivity (Wildman–Crippen MR) is 124 cm³/mol. The lowest BCUT2D eigenvalue weighted by Crippen LogP contribution is -2.52. The SMILES string of the molecule is CN=C(NCC(OC)c1ccc(F)cc1)N1CCN(Cc2cccs2)CC1.I. The molecule has 1 unspecified atom stereocenters. The fourth-order valence-corrected chi connectivity index (χ4v) is 4.02. The predicted octanol–water partition coefficient (Wildman–Crippen LogP) is 3.59. The van der Waals surface area contributed by atoms with E-state index in [0.717, 1.165) is 44.2 Å². The van der Waals surface area contributed by atoms with E-state index in [1.54, 1.807) is 26.3 Å². The topological polar surface area (TPSA) is 40.1 Å². The molecule has 1 fully saturated rings.